The Hall–Kier alpha value is -2.86. The smallest absolute Gasteiger partial charge is 0.255 e. The Morgan fingerprint density at radius 3 is 2.41 bits per heavy atom. The van der Waals surface area contributed by atoms with Gasteiger partial charge in [0.05, 0.1) is 18.8 Å². The third kappa shape index (κ3) is 4.37. The van der Waals surface area contributed by atoms with Gasteiger partial charge in [0, 0.05) is 49.4 Å². The summed E-state index contributed by atoms with van der Waals surface area (Å²) in [6, 6.07) is 16.1. The molecule has 168 valence electrons. The van der Waals surface area contributed by atoms with Crippen molar-refractivity contribution in [2.45, 2.75) is 51.4 Å². The highest BCUT2D eigenvalue weighted by Crippen LogP contribution is 2.35. The van der Waals surface area contributed by atoms with Gasteiger partial charge in [-0.05, 0) is 67.6 Å². The maximum atomic E-state index is 12.6. The molecule has 2 heterocycles. The van der Waals surface area contributed by atoms with E-state index in [9.17, 15) is 9.59 Å². The van der Waals surface area contributed by atoms with Gasteiger partial charge in [0.25, 0.3) is 5.91 Å². The molecule has 32 heavy (non-hydrogen) atoms. The molecule has 3 aliphatic rings. The lowest BCUT2D eigenvalue weighted by atomic mass is 9.96. The number of amides is 2. The number of rotatable bonds is 6. The number of carbonyl (C=O) groups is 2. The first kappa shape index (κ1) is 21.0. The second-order valence-corrected chi connectivity index (χ2v) is 9.30. The highest BCUT2D eigenvalue weighted by Gasteiger charge is 2.42. The van der Waals surface area contributed by atoms with Crippen LogP contribution in [-0.4, -0.2) is 48.5 Å². The maximum Gasteiger partial charge on any atom is 0.255 e. The minimum Gasteiger partial charge on any atom is -0.374 e. The first-order valence-corrected chi connectivity index (χ1v) is 11.7. The molecule has 2 aliphatic heterocycles. The van der Waals surface area contributed by atoms with E-state index in [1.807, 2.05) is 41.3 Å². The summed E-state index contributed by atoms with van der Waals surface area (Å²) in [6.45, 7) is 4.95. The van der Waals surface area contributed by atoms with Gasteiger partial charge in [-0.3, -0.25) is 9.59 Å². The molecule has 0 unspecified atom stereocenters. The maximum absolute atomic E-state index is 12.6. The van der Waals surface area contributed by atoms with Crippen LogP contribution in [0.3, 0.4) is 0 Å². The van der Waals surface area contributed by atoms with Crippen molar-refractivity contribution in [2.24, 2.45) is 5.92 Å². The molecule has 5 rings (SSSR count). The first-order chi connectivity index (χ1) is 15.6. The van der Waals surface area contributed by atoms with Crippen LogP contribution in [0.25, 0.3) is 0 Å². The van der Waals surface area contributed by atoms with Gasteiger partial charge in [-0.1, -0.05) is 12.1 Å². The highest BCUT2D eigenvalue weighted by atomic mass is 16.5. The van der Waals surface area contributed by atoms with Gasteiger partial charge in [-0.15, -0.1) is 0 Å². The number of ether oxygens (including phenoxy) is 1. The van der Waals surface area contributed by atoms with Crippen LogP contribution in [-0.2, 0) is 16.1 Å². The summed E-state index contributed by atoms with van der Waals surface area (Å²) < 4.78 is 5.83. The van der Waals surface area contributed by atoms with Gasteiger partial charge >= 0.3 is 0 Å². The second-order valence-electron chi connectivity index (χ2n) is 9.30. The Kier molecular flexibility index (Phi) is 5.87. The van der Waals surface area contributed by atoms with Crippen LogP contribution in [0.5, 0.6) is 0 Å². The number of benzene rings is 2. The Morgan fingerprint density at radius 1 is 1.00 bits per heavy atom. The fourth-order valence-corrected chi connectivity index (χ4v) is 4.98. The first-order valence-electron chi connectivity index (χ1n) is 11.7. The molecule has 0 spiro atoms. The number of anilines is 2. The zero-order valence-corrected chi connectivity index (χ0v) is 18.6. The van der Waals surface area contributed by atoms with E-state index in [4.69, 9.17) is 4.74 Å². The number of carbonyl (C=O) groups excluding carboxylic acids is 2. The predicted molar refractivity (Wildman–Crippen MR) is 125 cm³/mol. The summed E-state index contributed by atoms with van der Waals surface area (Å²) in [5.74, 6) is 0.607. The molecule has 2 aromatic carbocycles. The second kappa shape index (κ2) is 8.94. The molecular formula is C26H31N3O3. The van der Waals surface area contributed by atoms with E-state index in [-0.39, 0.29) is 11.8 Å². The summed E-state index contributed by atoms with van der Waals surface area (Å²) in [5, 5.41) is 2.99. The van der Waals surface area contributed by atoms with Crippen LogP contribution >= 0.6 is 0 Å². The number of nitrogens with zero attached hydrogens (tertiary/aromatic N) is 2. The fourth-order valence-electron chi connectivity index (χ4n) is 4.98. The van der Waals surface area contributed by atoms with E-state index in [0.29, 0.717) is 30.2 Å². The molecule has 1 saturated carbocycles. The van der Waals surface area contributed by atoms with Crippen molar-refractivity contribution in [1.29, 1.82) is 0 Å². The number of fused-ring (bicyclic) bond motifs is 1. The van der Waals surface area contributed by atoms with Crippen LogP contribution in [0.1, 0.15) is 48.5 Å². The SMILES string of the molecule is CC(=O)N1C[C@H]2CCN(c3ccc(NC(=O)c4ccc(COC5CCC5)cc4)cc3)[C@H]2C1. The van der Waals surface area contributed by atoms with E-state index in [0.717, 1.165) is 55.8 Å². The fraction of sp³-hybridized carbons (Fsp3) is 0.462. The van der Waals surface area contributed by atoms with Crippen molar-refractivity contribution >= 4 is 23.2 Å². The Morgan fingerprint density at radius 2 is 1.75 bits per heavy atom. The molecule has 2 atom stereocenters. The molecule has 1 aliphatic carbocycles. The zero-order chi connectivity index (χ0) is 22.1. The van der Waals surface area contributed by atoms with Gasteiger partial charge in [0.2, 0.25) is 5.91 Å². The largest absolute Gasteiger partial charge is 0.374 e. The van der Waals surface area contributed by atoms with Crippen molar-refractivity contribution in [3.63, 3.8) is 0 Å². The molecule has 1 N–H and O–H groups in total. The number of hydrogen-bond acceptors (Lipinski definition) is 4. The minimum absolute atomic E-state index is 0.113. The van der Waals surface area contributed by atoms with Crippen LogP contribution in [0.2, 0.25) is 0 Å². The Labute approximate surface area is 189 Å². The standard InChI is InChI=1S/C26H31N3O3/c1-18(30)28-15-21-13-14-29(25(21)16-28)23-11-9-22(10-12-23)27-26(31)20-7-5-19(6-8-20)17-32-24-3-2-4-24/h5-12,21,24-25H,2-4,13-17H2,1H3,(H,27,31)/t21-,25+/m1/s1. The lowest BCUT2D eigenvalue weighted by molar-refractivity contribution is -0.128. The van der Waals surface area contributed by atoms with E-state index >= 15 is 0 Å². The monoisotopic (exact) mass is 433 g/mol. The third-order valence-electron chi connectivity index (χ3n) is 7.20. The number of likely N-dealkylation sites (tertiary alicyclic amines) is 1. The van der Waals surface area contributed by atoms with E-state index < -0.39 is 0 Å². The minimum atomic E-state index is -0.113. The molecular weight excluding hydrogens is 402 g/mol. The summed E-state index contributed by atoms with van der Waals surface area (Å²) in [6.07, 6.45) is 5.12. The lowest BCUT2D eigenvalue weighted by Gasteiger charge is -2.27. The van der Waals surface area contributed by atoms with Crippen LogP contribution in [0.15, 0.2) is 48.5 Å². The third-order valence-corrected chi connectivity index (χ3v) is 7.20. The molecule has 0 aromatic heterocycles. The summed E-state index contributed by atoms with van der Waals surface area (Å²) in [7, 11) is 0. The van der Waals surface area contributed by atoms with Crippen molar-refractivity contribution in [3.8, 4) is 0 Å². The van der Waals surface area contributed by atoms with Crippen LogP contribution in [0.4, 0.5) is 11.4 Å². The van der Waals surface area contributed by atoms with Crippen molar-refractivity contribution < 1.29 is 14.3 Å². The topological polar surface area (TPSA) is 61.9 Å². The average Bonchev–Trinajstić information content (AvgIpc) is 3.35. The molecule has 6 heteroatoms. The Bertz CT molecular complexity index is 969. The molecule has 0 radical (unpaired) electrons. The van der Waals surface area contributed by atoms with Gasteiger partial charge < -0.3 is 19.9 Å². The zero-order valence-electron chi connectivity index (χ0n) is 18.6. The number of nitrogens with one attached hydrogen (secondary N) is 1. The van der Waals surface area contributed by atoms with Gasteiger partial charge in [-0.25, -0.2) is 0 Å². The van der Waals surface area contributed by atoms with Crippen molar-refractivity contribution in [2.75, 3.05) is 29.9 Å². The average molecular weight is 434 g/mol. The molecule has 2 amide bonds. The van der Waals surface area contributed by atoms with Gasteiger partial charge in [-0.2, -0.15) is 0 Å². The van der Waals surface area contributed by atoms with Gasteiger partial charge in [0.1, 0.15) is 0 Å². The van der Waals surface area contributed by atoms with Crippen LogP contribution in [0, 0.1) is 5.92 Å². The molecule has 3 fully saturated rings. The Balaban J connectivity index is 1.17. The van der Waals surface area contributed by atoms with Crippen molar-refractivity contribution in [3.05, 3.63) is 59.7 Å². The van der Waals surface area contributed by atoms with E-state index in [2.05, 4.69) is 22.3 Å². The number of hydrogen-bond donors (Lipinski definition) is 1. The molecule has 0 bridgehead atoms. The molecule has 2 saturated heterocycles. The lowest BCUT2D eigenvalue weighted by Crippen LogP contribution is -2.36. The quantitative estimate of drug-likeness (QED) is 0.746. The normalized spacial score (nSPS) is 22.5. The molecule has 6 nitrogen and oxygen atoms in total. The highest BCUT2D eigenvalue weighted by molar-refractivity contribution is 6.04. The summed E-state index contributed by atoms with van der Waals surface area (Å²) >= 11 is 0. The van der Waals surface area contributed by atoms with Crippen molar-refractivity contribution in [1.82, 2.24) is 4.90 Å². The van der Waals surface area contributed by atoms with E-state index in [1.54, 1.807) is 6.92 Å². The van der Waals surface area contributed by atoms with Gasteiger partial charge in [0.15, 0.2) is 0 Å². The molecule has 2 aromatic rings. The predicted octanol–water partition coefficient (Wildman–Crippen LogP) is 4.07. The van der Waals surface area contributed by atoms with Crippen LogP contribution < -0.4 is 10.2 Å². The summed E-state index contributed by atoms with van der Waals surface area (Å²) in [5.41, 5.74) is 3.66. The van der Waals surface area contributed by atoms with E-state index in [1.165, 1.54) is 6.42 Å². The summed E-state index contributed by atoms with van der Waals surface area (Å²) in [4.78, 5) is 28.8.